The minimum atomic E-state index is -1.50. The molecule has 1 heterocycles. The Bertz CT molecular complexity index is 617. The lowest BCUT2D eigenvalue weighted by Crippen LogP contribution is -2.21. The van der Waals surface area contributed by atoms with E-state index in [9.17, 15) is 4.79 Å². The number of pyridine rings is 1. The zero-order valence-corrected chi connectivity index (χ0v) is 12.2. The SMILES string of the molecule is C[Si](C#Cc1ccccn1)C(=O)OCc1ccccc1. The molecule has 1 radical (unpaired) electrons. The Morgan fingerprint density at radius 2 is 1.95 bits per heavy atom. The first kappa shape index (κ1) is 14.0. The molecule has 0 N–H and O–H groups in total. The van der Waals surface area contributed by atoms with Gasteiger partial charge in [0.1, 0.15) is 12.3 Å². The van der Waals surface area contributed by atoms with E-state index in [0.29, 0.717) is 12.3 Å². The van der Waals surface area contributed by atoms with E-state index in [1.54, 1.807) is 6.20 Å². The van der Waals surface area contributed by atoms with Gasteiger partial charge in [-0.1, -0.05) is 42.3 Å². The van der Waals surface area contributed by atoms with Gasteiger partial charge in [-0.3, -0.25) is 4.79 Å². The second-order valence-electron chi connectivity index (χ2n) is 4.15. The van der Waals surface area contributed by atoms with Crippen LogP contribution in [0.5, 0.6) is 0 Å². The molecule has 1 aromatic heterocycles. The maximum atomic E-state index is 11.8. The van der Waals surface area contributed by atoms with Gasteiger partial charge >= 0.3 is 0 Å². The second-order valence-corrected chi connectivity index (χ2v) is 6.06. The molecule has 0 saturated heterocycles. The Balaban J connectivity index is 1.88. The number of carbonyl (C=O) groups excluding carboxylic acids is 1. The fourth-order valence-corrected chi connectivity index (χ4v) is 2.18. The van der Waals surface area contributed by atoms with Gasteiger partial charge in [0.05, 0.1) is 0 Å². The number of hydrogen-bond donors (Lipinski definition) is 0. The molecule has 2 aromatic rings. The number of nitrogens with zero attached hydrogens (tertiary/aromatic N) is 1. The third kappa shape index (κ3) is 4.37. The minimum absolute atomic E-state index is 0.220. The average molecular weight is 280 g/mol. The summed E-state index contributed by atoms with van der Waals surface area (Å²) < 4.78 is 5.26. The first-order valence-corrected chi connectivity index (χ1v) is 8.23. The summed E-state index contributed by atoms with van der Waals surface area (Å²) in [6, 6.07) is 15.1. The summed E-state index contributed by atoms with van der Waals surface area (Å²) in [5, 5.41) is 0. The highest BCUT2D eigenvalue weighted by atomic mass is 28.3. The molecule has 3 nitrogen and oxygen atoms in total. The maximum absolute atomic E-state index is 11.8. The van der Waals surface area contributed by atoms with E-state index >= 15 is 0 Å². The van der Waals surface area contributed by atoms with Gasteiger partial charge < -0.3 is 4.74 Å². The molecule has 4 heteroatoms. The molecule has 0 amide bonds. The van der Waals surface area contributed by atoms with E-state index in [0.717, 1.165) is 5.56 Å². The molecule has 0 atom stereocenters. The fraction of sp³-hybridized carbons (Fsp3) is 0.125. The number of carbonyl (C=O) groups is 1. The highest BCUT2D eigenvalue weighted by molar-refractivity contribution is 6.93. The van der Waals surface area contributed by atoms with Crippen LogP contribution < -0.4 is 0 Å². The minimum Gasteiger partial charge on any atom is -0.464 e. The third-order valence-corrected chi connectivity index (χ3v) is 3.82. The first-order valence-electron chi connectivity index (χ1n) is 6.23. The standard InChI is InChI=1S/C16H14NO2Si/c1-20(12-10-15-9-5-6-11-17-15)16(18)19-13-14-7-3-2-4-8-14/h2-9,11H,13H2,1H3. The topological polar surface area (TPSA) is 39.2 Å². The van der Waals surface area contributed by atoms with Crippen LogP contribution in [0.1, 0.15) is 11.3 Å². The summed E-state index contributed by atoms with van der Waals surface area (Å²) in [6.07, 6.45) is 1.68. The molecule has 0 bridgehead atoms. The molecule has 0 spiro atoms. The lowest BCUT2D eigenvalue weighted by Gasteiger charge is -2.05. The van der Waals surface area contributed by atoms with Crippen LogP contribution in [0.25, 0.3) is 0 Å². The number of hydrogen-bond acceptors (Lipinski definition) is 3. The summed E-state index contributed by atoms with van der Waals surface area (Å²) in [5.41, 5.74) is 4.38. The van der Waals surface area contributed by atoms with Crippen LogP contribution in [0.15, 0.2) is 54.7 Å². The van der Waals surface area contributed by atoms with Crippen LogP contribution in [0.2, 0.25) is 6.55 Å². The molecule has 0 aliphatic carbocycles. The predicted octanol–water partition coefficient (Wildman–Crippen LogP) is 3.02. The van der Waals surface area contributed by atoms with Crippen molar-refractivity contribution < 1.29 is 9.53 Å². The molecular weight excluding hydrogens is 266 g/mol. The van der Waals surface area contributed by atoms with E-state index < -0.39 is 8.80 Å². The number of ether oxygens (including phenoxy) is 1. The van der Waals surface area contributed by atoms with Crippen LogP contribution in [-0.4, -0.2) is 19.4 Å². The van der Waals surface area contributed by atoms with Crippen LogP contribution in [0, 0.1) is 11.5 Å². The Hall–Kier alpha value is -2.38. The molecule has 0 unspecified atom stereocenters. The van der Waals surface area contributed by atoms with E-state index in [-0.39, 0.29) is 5.59 Å². The predicted molar refractivity (Wildman–Crippen MR) is 79.4 cm³/mol. The zero-order chi connectivity index (χ0) is 14.2. The Labute approximate surface area is 120 Å². The molecule has 2 rings (SSSR count). The molecule has 0 fully saturated rings. The maximum Gasteiger partial charge on any atom is 0.285 e. The largest absolute Gasteiger partial charge is 0.464 e. The van der Waals surface area contributed by atoms with Crippen molar-refractivity contribution in [1.29, 1.82) is 0 Å². The Morgan fingerprint density at radius 3 is 2.65 bits per heavy atom. The molecule has 0 aliphatic heterocycles. The quantitative estimate of drug-likeness (QED) is 0.641. The van der Waals surface area contributed by atoms with Crippen molar-refractivity contribution in [2.24, 2.45) is 0 Å². The van der Waals surface area contributed by atoms with Gasteiger partial charge in [-0.05, 0) is 24.2 Å². The fourth-order valence-electron chi connectivity index (χ4n) is 1.48. The summed E-state index contributed by atoms with van der Waals surface area (Å²) in [6.45, 7) is 2.13. The molecular formula is C16H14NO2Si. The lowest BCUT2D eigenvalue weighted by atomic mass is 10.2. The van der Waals surface area contributed by atoms with Gasteiger partial charge in [0.25, 0.3) is 14.4 Å². The number of rotatable bonds is 3. The molecule has 1 aromatic carbocycles. The summed E-state index contributed by atoms with van der Waals surface area (Å²) in [7, 11) is -1.50. The monoisotopic (exact) mass is 280 g/mol. The van der Waals surface area contributed by atoms with E-state index in [1.165, 1.54) is 0 Å². The normalized spacial score (nSPS) is 9.70. The average Bonchev–Trinajstić information content (AvgIpc) is 2.52. The highest BCUT2D eigenvalue weighted by Crippen LogP contribution is 2.02. The van der Waals surface area contributed by atoms with Gasteiger partial charge in [-0.25, -0.2) is 4.98 Å². The van der Waals surface area contributed by atoms with Crippen LogP contribution in [0.4, 0.5) is 4.79 Å². The molecule has 20 heavy (non-hydrogen) atoms. The third-order valence-electron chi connectivity index (χ3n) is 2.56. The van der Waals surface area contributed by atoms with Crippen molar-refractivity contribution in [2.45, 2.75) is 13.2 Å². The van der Waals surface area contributed by atoms with Crippen LogP contribution >= 0.6 is 0 Å². The molecule has 99 valence electrons. The van der Waals surface area contributed by atoms with Gasteiger partial charge in [0, 0.05) is 6.20 Å². The van der Waals surface area contributed by atoms with Crippen molar-refractivity contribution in [3.63, 3.8) is 0 Å². The van der Waals surface area contributed by atoms with Crippen LogP contribution in [0.3, 0.4) is 0 Å². The number of benzene rings is 1. The number of aromatic nitrogens is 1. The second kappa shape index (κ2) is 7.27. The van der Waals surface area contributed by atoms with Gasteiger partial charge in [-0.2, -0.15) is 0 Å². The summed E-state index contributed by atoms with van der Waals surface area (Å²) in [4.78, 5) is 15.9. The first-order chi connectivity index (χ1) is 9.75. The Kier molecular flexibility index (Phi) is 5.10. The van der Waals surface area contributed by atoms with Crippen molar-refractivity contribution in [1.82, 2.24) is 4.98 Å². The van der Waals surface area contributed by atoms with E-state index in [1.807, 2.05) is 55.1 Å². The van der Waals surface area contributed by atoms with E-state index in [4.69, 9.17) is 4.74 Å². The van der Waals surface area contributed by atoms with Gasteiger partial charge in [0.2, 0.25) is 0 Å². The van der Waals surface area contributed by atoms with Gasteiger partial charge in [-0.15, -0.1) is 5.54 Å². The molecule has 0 aliphatic rings. The van der Waals surface area contributed by atoms with Crippen molar-refractivity contribution in [2.75, 3.05) is 0 Å². The molecule has 0 saturated carbocycles. The van der Waals surface area contributed by atoms with Crippen molar-refractivity contribution >= 4 is 14.4 Å². The van der Waals surface area contributed by atoms with Crippen molar-refractivity contribution in [3.8, 4) is 11.5 Å². The smallest absolute Gasteiger partial charge is 0.285 e. The van der Waals surface area contributed by atoms with Gasteiger partial charge in [0.15, 0.2) is 0 Å². The van der Waals surface area contributed by atoms with E-state index in [2.05, 4.69) is 16.4 Å². The zero-order valence-electron chi connectivity index (χ0n) is 11.2. The summed E-state index contributed by atoms with van der Waals surface area (Å²) >= 11 is 0. The van der Waals surface area contributed by atoms with Crippen LogP contribution in [-0.2, 0) is 11.3 Å². The Morgan fingerprint density at radius 1 is 1.20 bits per heavy atom. The van der Waals surface area contributed by atoms with Crippen molar-refractivity contribution in [3.05, 3.63) is 66.0 Å². The summed E-state index contributed by atoms with van der Waals surface area (Å²) in [5.74, 6) is 2.91. The highest BCUT2D eigenvalue weighted by Gasteiger charge is 2.15. The lowest BCUT2D eigenvalue weighted by molar-refractivity contribution is 0.165.